The monoisotopic (exact) mass is 262 g/mol. The number of carbonyl (C=O) groups is 2. The smallest absolute Gasteiger partial charge is 0.437 e. The van der Waals surface area contributed by atoms with E-state index in [1.54, 1.807) is 0 Å². The van der Waals surface area contributed by atoms with Gasteiger partial charge in [-0.1, -0.05) is 0 Å². The van der Waals surface area contributed by atoms with Crippen molar-refractivity contribution in [2.24, 2.45) is 0 Å². The summed E-state index contributed by atoms with van der Waals surface area (Å²) in [6.07, 6.45) is -2.43. The third-order valence-corrected chi connectivity index (χ3v) is 0.613. The lowest BCUT2D eigenvalue weighted by Gasteiger charge is -1.96. The standard InChI is InChI=1S/C3H3IO6/c1-7-2(5)8-3(6)9-10-4/h1H3. The van der Waals surface area contributed by atoms with Crippen LogP contribution in [0.3, 0.4) is 0 Å². The van der Waals surface area contributed by atoms with E-state index in [0.717, 1.165) is 7.11 Å². The molecule has 0 aromatic heterocycles. The maximum atomic E-state index is 10.1. The first-order valence-corrected chi connectivity index (χ1v) is 2.83. The fraction of sp³-hybridized carbons (Fsp3) is 0.333. The summed E-state index contributed by atoms with van der Waals surface area (Å²) in [5.74, 6) is 0. The van der Waals surface area contributed by atoms with Crippen LogP contribution in [0.15, 0.2) is 0 Å². The lowest BCUT2D eigenvalue weighted by molar-refractivity contribution is -0.124. The SMILES string of the molecule is COC(=O)OC(=O)OOI. The van der Waals surface area contributed by atoms with Gasteiger partial charge in [0.15, 0.2) is 23.0 Å². The van der Waals surface area contributed by atoms with Crippen LogP contribution in [0.2, 0.25) is 0 Å². The zero-order chi connectivity index (χ0) is 7.98. The highest BCUT2D eigenvalue weighted by molar-refractivity contribution is 14.1. The molecule has 0 radical (unpaired) electrons. The Bertz CT molecular complexity index is 133. The molecule has 0 aromatic carbocycles. The summed E-state index contributed by atoms with van der Waals surface area (Å²) in [6.45, 7) is 0. The predicted molar refractivity (Wildman–Crippen MR) is 35.1 cm³/mol. The van der Waals surface area contributed by atoms with Crippen LogP contribution in [0, 0.1) is 0 Å². The molecule has 10 heavy (non-hydrogen) atoms. The third-order valence-electron chi connectivity index (χ3n) is 0.433. The molecule has 0 amide bonds. The molecule has 0 saturated carbocycles. The summed E-state index contributed by atoms with van der Waals surface area (Å²) in [4.78, 5) is 24.0. The summed E-state index contributed by atoms with van der Waals surface area (Å²) >= 11 is 1.29. The zero-order valence-electron chi connectivity index (χ0n) is 4.83. The molecule has 0 saturated heterocycles. The van der Waals surface area contributed by atoms with Crippen LogP contribution < -0.4 is 0 Å². The van der Waals surface area contributed by atoms with Gasteiger partial charge in [-0.2, -0.15) is 0 Å². The van der Waals surface area contributed by atoms with Crippen LogP contribution in [0.25, 0.3) is 0 Å². The number of halogens is 1. The highest BCUT2D eigenvalue weighted by Gasteiger charge is 2.11. The predicted octanol–water partition coefficient (Wildman–Crippen LogP) is 1.19. The lowest BCUT2D eigenvalue weighted by Crippen LogP contribution is -2.12. The topological polar surface area (TPSA) is 71.1 Å². The number of carbonyl (C=O) groups excluding carboxylic acids is 2. The Balaban J connectivity index is 3.47. The molecular formula is C3H3IO6. The number of hydrogen-bond donors (Lipinski definition) is 0. The van der Waals surface area contributed by atoms with Crippen molar-refractivity contribution >= 4 is 35.3 Å². The second-order valence-corrected chi connectivity index (χ2v) is 1.31. The van der Waals surface area contributed by atoms with Gasteiger partial charge in [-0.25, -0.2) is 14.5 Å². The molecule has 0 atom stereocenters. The van der Waals surface area contributed by atoms with Gasteiger partial charge >= 0.3 is 12.3 Å². The second kappa shape index (κ2) is 5.23. The zero-order valence-corrected chi connectivity index (χ0v) is 6.98. The average molecular weight is 262 g/mol. The van der Waals surface area contributed by atoms with E-state index >= 15 is 0 Å². The van der Waals surface area contributed by atoms with Gasteiger partial charge in [-0.3, -0.25) is 0 Å². The molecule has 0 aliphatic carbocycles. The van der Waals surface area contributed by atoms with E-state index in [4.69, 9.17) is 0 Å². The molecule has 0 rings (SSSR count). The Morgan fingerprint density at radius 1 is 1.30 bits per heavy atom. The molecule has 7 heteroatoms. The molecule has 6 nitrogen and oxygen atoms in total. The molecule has 58 valence electrons. The van der Waals surface area contributed by atoms with Crippen LogP contribution in [0.5, 0.6) is 0 Å². The molecule has 0 bridgehead atoms. The Kier molecular flexibility index (Phi) is 4.94. The maximum absolute atomic E-state index is 10.1. The van der Waals surface area contributed by atoms with Crippen LogP contribution in [-0.4, -0.2) is 19.4 Å². The molecule has 0 fully saturated rings. The highest BCUT2D eigenvalue weighted by atomic mass is 127. The Hall–Kier alpha value is -0.570. The second-order valence-electron chi connectivity index (χ2n) is 0.953. The van der Waals surface area contributed by atoms with Crippen molar-refractivity contribution in [1.29, 1.82) is 0 Å². The van der Waals surface area contributed by atoms with E-state index < -0.39 is 12.3 Å². The molecule has 0 heterocycles. The Labute approximate surface area is 70.0 Å². The lowest BCUT2D eigenvalue weighted by atomic mass is 11.2. The Morgan fingerprint density at radius 3 is 2.30 bits per heavy atom. The first kappa shape index (κ1) is 9.43. The minimum absolute atomic E-state index is 1.06. The van der Waals surface area contributed by atoms with Crippen molar-refractivity contribution < 1.29 is 27.2 Å². The molecule has 0 unspecified atom stereocenters. The van der Waals surface area contributed by atoms with Gasteiger partial charge in [0.05, 0.1) is 7.11 Å². The fourth-order valence-corrected chi connectivity index (χ4v) is 0.299. The number of ether oxygens (including phenoxy) is 2. The van der Waals surface area contributed by atoms with Crippen molar-refractivity contribution in [2.45, 2.75) is 0 Å². The maximum Gasteiger partial charge on any atom is 0.551 e. The quantitative estimate of drug-likeness (QED) is 0.232. The first-order valence-electron chi connectivity index (χ1n) is 1.95. The number of rotatable bonds is 1. The van der Waals surface area contributed by atoms with Crippen molar-refractivity contribution in [3.63, 3.8) is 0 Å². The minimum Gasteiger partial charge on any atom is -0.437 e. The van der Waals surface area contributed by atoms with Gasteiger partial charge in [0.2, 0.25) is 0 Å². The fourth-order valence-electron chi connectivity index (χ4n) is 0.152. The van der Waals surface area contributed by atoms with Gasteiger partial charge in [0.25, 0.3) is 0 Å². The normalized spacial score (nSPS) is 8.20. The average Bonchev–Trinajstić information content (AvgIpc) is 1.88. The van der Waals surface area contributed by atoms with Crippen LogP contribution in [0.4, 0.5) is 9.59 Å². The van der Waals surface area contributed by atoms with Crippen molar-refractivity contribution in [3.05, 3.63) is 0 Å². The van der Waals surface area contributed by atoms with Gasteiger partial charge in [0.1, 0.15) is 0 Å². The molecule has 0 spiro atoms. The first-order chi connectivity index (χ1) is 4.70. The van der Waals surface area contributed by atoms with E-state index in [0.29, 0.717) is 0 Å². The summed E-state index contributed by atoms with van der Waals surface area (Å²) < 4.78 is 11.6. The minimum atomic E-state index is -1.28. The molecular weight excluding hydrogens is 259 g/mol. The highest BCUT2D eigenvalue weighted by Crippen LogP contribution is 1.93. The van der Waals surface area contributed by atoms with Crippen LogP contribution >= 0.6 is 23.0 Å². The van der Waals surface area contributed by atoms with E-state index in [2.05, 4.69) is 17.6 Å². The summed E-state index contributed by atoms with van der Waals surface area (Å²) in [5, 5.41) is 0. The van der Waals surface area contributed by atoms with Gasteiger partial charge in [-0.05, 0) is 0 Å². The molecule has 0 aliphatic heterocycles. The summed E-state index contributed by atoms with van der Waals surface area (Å²) in [6, 6.07) is 0. The van der Waals surface area contributed by atoms with Crippen molar-refractivity contribution in [1.82, 2.24) is 0 Å². The van der Waals surface area contributed by atoms with E-state index in [-0.39, 0.29) is 0 Å². The van der Waals surface area contributed by atoms with E-state index in [1.807, 2.05) is 0 Å². The van der Waals surface area contributed by atoms with Gasteiger partial charge in [-0.15, -0.1) is 3.22 Å². The number of hydrogen-bond acceptors (Lipinski definition) is 6. The van der Waals surface area contributed by atoms with Gasteiger partial charge in [0, 0.05) is 0 Å². The number of methoxy groups -OCH3 is 1. The molecule has 0 aliphatic rings. The Morgan fingerprint density at radius 2 is 1.90 bits per heavy atom. The summed E-state index contributed by atoms with van der Waals surface area (Å²) in [5.41, 5.74) is 0. The van der Waals surface area contributed by atoms with Crippen LogP contribution in [-0.2, 0) is 17.6 Å². The van der Waals surface area contributed by atoms with E-state index in [9.17, 15) is 9.59 Å². The molecule has 0 N–H and O–H groups in total. The van der Waals surface area contributed by atoms with Crippen molar-refractivity contribution in [3.8, 4) is 0 Å². The third kappa shape index (κ3) is 4.32. The van der Waals surface area contributed by atoms with Crippen molar-refractivity contribution in [2.75, 3.05) is 7.11 Å². The van der Waals surface area contributed by atoms with Gasteiger partial charge < -0.3 is 9.47 Å². The largest absolute Gasteiger partial charge is 0.551 e. The van der Waals surface area contributed by atoms with Crippen LogP contribution in [0.1, 0.15) is 0 Å². The molecule has 0 aromatic rings. The van der Waals surface area contributed by atoms with E-state index in [1.165, 1.54) is 23.0 Å². The summed E-state index contributed by atoms with van der Waals surface area (Å²) in [7, 11) is 1.06.